The van der Waals surface area contributed by atoms with Gasteiger partial charge in [0.2, 0.25) is 11.7 Å². The Kier molecular flexibility index (Phi) is 3.82. The first-order valence-corrected chi connectivity index (χ1v) is 8.71. The molecule has 25 heavy (non-hydrogen) atoms. The van der Waals surface area contributed by atoms with Gasteiger partial charge in [-0.2, -0.15) is 10.2 Å². The van der Waals surface area contributed by atoms with Gasteiger partial charge in [-0.25, -0.2) is 0 Å². The molecule has 1 aliphatic carbocycles. The van der Waals surface area contributed by atoms with E-state index in [2.05, 4.69) is 15.5 Å². The van der Waals surface area contributed by atoms with E-state index in [1.807, 2.05) is 19.1 Å². The van der Waals surface area contributed by atoms with Crippen molar-refractivity contribution < 1.29 is 9.32 Å². The Labute approximate surface area is 148 Å². The first-order chi connectivity index (χ1) is 12.1. The molecule has 2 heterocycles. The normalized spacial score (nSPS) is 13.4. The summed E-state index contributed by atoms with van der Waals surface area (Å²) in [6.45, 7) is 1.93. The van der Waals surface area contributed by atoms with Crippen molar-refractivity contribution in [2.75, 3.05) is 5.32 Å². The molecule has 2 aromatic heterocycles. The molecule has 0 atom stereocenters. The van der Waals surface area contributed by atoms with E-state index in [9.17, 15) is 4.79 Å². The molecule has 0 saturated heterocycles. The summed E-state index contributed by atoms with van der Waals surface area (Å²) < 4.78 is 5.30. The summed E-state index contributed by atoms with van der Waals surface area (Å²) in [5.74, 6) is 1.46. The summed E-state index contributed by atoms with van der Waals surface area (Å²) >= 11 is 1.51. The zero-order valence-electron chi connectivity index (χ0n) is 13.4. The lowest BCUT2D eigenvalue weighted by atomic mass is 10.1. The highest BCUT2D eigenvalue weighted by atomic mass is 32.1. The Bertz CT molecular complexity index is 977. The molecule has 0 radical (unpaired) electrons. The Balaban J connectivity index is 1.53. The fourth-order valence-corrected chi connectivity index (χ4v) is 3.34. The topological polar surface area (TPSA) is 91.8 Å². The number of thiophene rings is 1. The van der Waals surface area contributed by atoms with Crippen molar-refractivity contribution in [3.8, 4) is 16.8 Å². The molecular formula is C18H14N4O2S. The minimum Gasteiger partial charge on any atom is -0.339 e. The predicted molar refractivity (Wildman–Crippen MR) is 93.4 cm³/mol. The summed E-state index contributed by atoms with van der Waals surface area (Å²) in [7, 11) is 0. The quantitative estimate of drug-likeness (QED) is 0.764. The van der Waals surface area contributed by atoms with Crippen LogP contribution in [0.5, 0.6) is 0 Å². The van der Waals surface area contributed by atoms with Crippen molar-refractivity contribution in [3.05, 3.63) is 52.2 Å². The molecule has 1 saturated carbocycles. The molecule has 1 fully saturated rings. The molecule has 6 nitrogen and oxygen atoms in total. The predicted octanol–water partition coefficient (Wildman–Crippen LogP) is 4.11. The third-order valence-electron chi connectivity index (χ3n) is 4.03. The van der Waals surface area contributed by atoms with Crippen LogP contribution in [-0.4, -0.2) is 16.0 Å². The molecular weight excluding hydrogens is 336 g/mol. The number of aromatic nitrogens is 2. The first kappa shape index (κ1) is 15.5. The highest BCUT2D eigenvalue weighted by molar-refractivity contribution is 7.16. The van der Waals surface area contributed by atoms with Crippen molar-refractivity contribution in [1.82, 2.24) is 10.1 Å². The van der Waals surface area contributed by atoms with Gasteiger partial charge in [0.05, 0.1) is 22.2 Å². The largest absolute Gasteiger partial charge is 0.339 e. The number of benzene rings is 1. The van der Waals surface area contributed by atoms with Crippen LogP contribution >= 0.6 is 11.3 Å². The van der Waals surface area contributed by atoms with Gasteiger partial charge in [0.15, 0.2) is 0 Å². The molecule has 1 N–H and O–H groups in total. The smallest absolute Gasteiger partial charge is 0.255 e. The molecule has 0 aliphatic heterocycles. The molecule has 7 heteroatoms. The molecule has 0 spiro atoms. The maximum absolute atomic E-state index is 12.4. The summed E-state index contributed by atoms with van der Waals surface area (Å²) in [6, 6.07) is 10.4. The van der Waals surface area contributed by atoms with Crippen LogP contribution in [0.1, 0.15) is 45.4 Å². The van der Waals surface area contributed by atoms with E-state index in [1.54, 1.807) is 24.3 Å². The van der Waals surface area contributed by atoms with E-state index in [1.165, 1.54) is 11.3 Å². The number of hydrogen-bond donors (Lipinski definition) is 1. The highest BCUT2D eigenvalue weighted by Crippen LogP contribution is 2.40. The SMILES string of the molecule is Cc1sc(-c2noc(C3CC3)n2)cc1NC(=O)c1ccc(C#N)cc1. The number of amides is 1. The van der Waals surface area contributed by atoms with Crippen LogP contribution in [0.3, 0.4) is 0 Å². The van der Waals surface area contributed by atoms with Gasteiger partial charge in [-0.15, -0.1) is 11.3 Å². The number of aryl methyl sites for hydroxylation is 1. The molecule has 3 aromatic rings. The summed E-state index contributed by atoms with van der Waals surface area (Å²) in [6.07, 6.45) is 2.22. The lowest BCUT2D eigenvalue weighted by molar-refractivity contribution is 0.102. The summed E-state index contributed by atoms with van der Waals surface area (Å²) in [4.78, 5) is 18.6. The maximum Gasteiger partial charge on any atom is 0.255 e. The fraction of sp³-hybridized carbons (Fsp3) is 0.222. The van der Waals surface area contributed by atoms with E-state index < -0.39 is 0 Å². The van der Waals surface area contributed by atoms with Gasteiger partial charge in [-0.3, -0.25) is 4.79 Å². The van der Waals surface area contributed by atoms with E-state index >= 15 is 0 Å². The van der Waals surface area contributed by atoms with Crippen molar-refractivity contribution in [1.29, 1.82) is 5.26 Å². The highest BCUT2D eigenvalue weighted by Gasteiger charge is 2.30. The van der Waals surface area contributed by atoms with E-state index in [-0.39, 0.29) is 5.91 Å². The molecule has 0 bridgehead atoms. The Hall–Kier alpha value is -2.98. The summed E-state index contributed by atoms with van der Waals surface area (Å²) in [5, 5.41) is 15.8. The standard InChI is InChI=1S/C18H14N4O2S/c1-10-14(20-17(23)12-4-2-11(9-19)3-5-12)8-15(25-10)16-21-18(24-22-16)13-6-7-13/h2-5,8,13H,6-7H2,1H3,(H,20,23). The van der Waals surface area contributed by atoms with Gasteiger partial charge in [-0.05, 0) is 50.1 Å². The third kappa shape index (κ3) is 3.16. The number of nitriles is 1. The fourth-order valence-electron chi connectivity index (χ4n) is 2.44. The van der Waals surface area contributed by atoms with Gasteiger partial charge in [0.25, 0.3) is 5.91 Å². The van der Waals surface area contributed by atoms with E-state index in [4.69, 9.17) is 9.78 Å². The van der Waals surface area contributed by atoms with E-state index in [0.717, 1.165) is 28.3 Å². The zero-order chi connectivity index (χ0) is 17.4. The Morgan fingerprint density at radius 3 is 2.80 bits per heavy atom. The first-order valence-electron chi connectivity index (χ1n) is 7.90. The van der Waals surface area contributed by atoms with Gasteiger partial charge in [-0.1, -0.05) is 5.16 Å². The second-order valence-corrected chi connectivity index (χ2v) is 7.21. The van der Waals surface area contributed by atoms with Crippen LogP contribution in [0.2, 0.25) is 0 Å². The van der Waals surface area contributed by atoms with Crippen LogP contribution in [-0.2, 0) is 0 Å². The molecule has 0 unspecified atom stereocenters. The van der Waals surface area contributed by atoms with Crippen LogP contribution in [0.15, 0.2) is 34.9 Å². The number of nitrogens with zero attached hydrogens (tertiary/aromatic N) is 3. The Morgan fingerprint density at radius 1 is 1.36 bits per heavy atom. The zero-order valence-corrected chi connectivity index (χ0v) is 14.3. The van der Waals surface area contributed by atoms with Gasteiger partial charge in [0, 0.05) is 16.4 Å². The van der Waals surface area contributed by atoms with Crippen molar-refractivity contribution in [2.45, 2.75) is 25.7 Å². The third-order valence-corrected chi connectivity index (χ3v) is 5.08. The minimum absolute atomic E-state index is 0.219. The van der Waals surface area contributed by atoms with Crippen LogP contribution in [0, 0.1) is 18.3 Å². The molecule has 4 rings (SSSR count). The number of rotatable bonds is 4. The van der Waals surface area contributed by atoms with Crippen LogP contribution in [0.25, 0.3) is 10.7 Å². The average molecular weight is 350 g/mol. The number of anilines is 1. The van der Waals surface area contributed by atoms with Crippen LogP contribution in [0.4, 0.5) is 5.69 Å². The maximum atomic E-state index is 12.4. The van der Waals surface area contributed by atoms with Crippen molar-refractivity contribution >= 4 is 22.9 Å². The van der Waals surface area contributed by atoms with E-state index in [0.29, 0.717) is 28.8 Å². The summed E-state index contributed by atoms with van der Waals surface area (Å²) in [5.41, 5.74) is 1.75. The number of carbonyl (C=O) groups excluding carboxylic acids is 1. The monoisotopic (exact) mass is 350 g/mol. The molecule has 1 aromatic carbocycles. The second kappa shape index (κ2) is 6.15. The molecule has 124 valence electrons. The van der Waals surface area contributed by atoms with Crippen molar-refractivity contribution in [2.24, 2.45) is 0 Å². The van der Waals surface area contributed by atoms with Crippen molar-refractivity contribution in [3.63, 3.8) is 0 Å². The van der Waals surface area contributed by atoms with Crippen LogP contribution < -0.4 is 5.32 Å². The average Bonchev–Trinajstić information content (AvgIpc) is 3.25. The Morgan fingerprint density at radius 2 is 2.12 bits per heavy atom. The second-order valence-electron chi connectivity index (χ2n) is 5.95. The number of carbonyl (C=O) groups is 1. The van der Waals surface area contributed by atoms with Gasteiger partial charge in [0.1, 0.15) is 0 Å². The molecule has 1 amide bonds. The lowest BCUT2D eigenvalue weighted by Crippen LogP contribution is -2.11. The van der Waals surface area contributed by atoms with Gasteiger partial charge < -0.3 is 9.84 Å². The van der Waals surface area contributed by atoms with Gasteiger partial charge >= 0.3 is 0 Å². The molecule has 1 aliphatic rings. The lowest BCUT2D eigenvalue weighted by Gasteiger charge is -2.04. The number of hydrogen-bond acceptors (Lipinski definition) is 6. The number of nitrogens with one attached hydrogen (secondary N) is 1. The minimum atomic E-state index is -0.219.